The largest absolute Gasteiger partial charge is 0.339 e. The lowest BCUT2D eigenvalue weighted by atomic mass is 10.3. The molecule has 9 heteroatoms. The zero-order chi connectivity index (χ0) is 19.4. The molecule has 0 bridgehead atoms. The van der Waals surface area contributed by atoms with Crippen LogP contribution in [0.25, 0.3) is 0 Å². The van der Waals surface area contributed by atoms with E-state index in [0.29, 0.717) is 36.8 Å². The van der Waals surface area contributed by atoms with Crippen LogP contribution in [0.5, 0.6) is 0 Å². The van der Waals surface area contributed by atoms with Crippen molar-refractivity contribution in [2.45, 2.75) is 24.5 Å². The lowest BCUT2D eigenvalue weighted by Crippen LogP contribution is -2.51. The summed E-state index contributed by atoms with van der Waals surface area (Å²) in [6, 6.07) is 5.61. The zero-order valence-electron chi connectivity index (χ0n) is 15.4. The maximum Gasteiger partial charge on any atom is 0.244 e. The molecule has 1 amide bonds. The summed E-state index contributed by atoms with van der Waals surface area (Å²) >= 11 is 3.05. The van der Waals surface area contributed by atoms with E-state index in [0.717, 1.165) is 21.1 Å². The van der Waals surface area contributed by atoms with Gasteiger partial charge in [0.2, 0.25) is 15.9 Å². The SMILES string of the molecule is Cc1cc(S(=O)(=O)N2CCN(C(=O)CSCc3cccnc3)CC2)c(C)s1. The van der Waals surface area contributed by atoms with Gasteiger partial charge in [0.05, 0.1) is 10.6 Å². The molecule has 3 rings (SSSR count). The fraction of sp³-hybridized carbons (Fsp3) is 0.444. The van der Waals surface area contributed by atoms with Gasteiger partial charge in [0.1, 0.15) is 0 Å². The molecule has 0 radical (unpaired) electrons. The monoisotopic (exact) mass is 425 g/mol. The van der Waals surface area contributed by atoms with Gasteiger partial charge >= 0.3 is 0 Å². The Morgan fingerprint density at radius 2 is 2.00 bits per heavy atom. The van der Waals surface area contributed by atoms with E-state index in [1.165, 1.54) is 15.6 Å². The van der Waals surface area contributed by atoms with Crippen molar-refractivity contribution in [2.75, 3.05) is 31.9 Å². The first-order chi connectivity index (χ1) is 12.9. The predicted octanol–water partition coefficient (Wildman–Crippen LogP) is 2.53. The number of aryl methyl sites for hydroxylation is 2. The Morgan fingerprint density at radius 1 is 1.26 bits per heavy atom. The Hall–Kier alpha value is -1.42. The van der Waals surface area contributed by atoms with E-state index in [9.17, 15) is 13.2 Å². The number of thioether (sulfide) groups is 1. The minimum Gasteiger partial charge on any atom is -0.339 e. The van der Waals surface area contributed by atoms with Crippen LogP contribution in [-0.2, 0) is 20.6 Å². The summed E-state index contributed by atoms with van der Waals surface area (Å²) in [7, 11) is -3.48. The van der Waals surface area contributed by atoms with Crippen LogP contribution < -0.4 is 0 Å². The highest BCUT2D eigenvalue weighted by molar-refractivity contribution is 7.99. The van der Waals surface area contributed by atoms with Crippen LogP contribution in [0.2, 0.25) is 0 Å². The molecule has 0 aromatic carbocycles. The number of amides is 1. The normalized spacial score (nSPS) is 15.9. The molecule has 2 aromatic rings. The fourth-order valence-corrected chi connectivity index (χ4v) is 6.82. The van der Waals surface area contributed by atoms with E-state index >= 15 is 0 Å². The highest BCUT2D eigenvalue weighted by Crippen LogP contribution is 2.28. The number of hydrogen-bond acceptors (Lipinski definition) is 6. The predicted molar refractivity (Wildman–Crippen MR) is 110 cm³/mol. The number of piperazine rings is 1. The van der Waals surface area contributed by atoms with Crippen LogP contribution >= 0.6 is 23.1 Å². The smallest absolute Gasteiger partial charge is 0.244 e. The molecular formula is C18H23N3O3S3. The lowest BCUT2D eigenvalue weighted by Gasteiger charge is -2.34. The van der Waals surface area contributed by atoms with E-state index in [2.05, 4.69) is 4.98 Å². The second-order valence-corrected chi connectivity index (χ2v) is 10.8. The van der Waals surface area contributed by atoms with Gasteiger partial charge in [-0.15, -0.1) is 23.1 Å². The fourth-order valence-electron chi connectivity index (χ4n) is 3.01. The quantitative estimate of drug-likeness (QED) is 0.711. The summed E-state index contributed by atoms with van der Waals surface area (Å²) in [5.74, 6) is 1.19. The molecule has 1 aliphatic heterocycles. The topological polar surface area (TPSA) is 70.6 Å². The minimum absolute atomic E-state index is 0.0588. The Morgan fingerprint density at radius 3 is 2.59 bits per heavy atom. The number of hydrogen-bond donors (Lipinski definition) is 0. The molecule has 2 aromatic heterocycles. The van der Waals surface area contributed by atoms with Crippen molar-refractivity contribution >= 4 is 39.0 Å². The first-order valence-corrected chi connectivity index (χ1v) is 12.1. The highest BCUT2D eigenvalue weighted by atomic mass is 32.2. The molecule has 1 aliphatic rings. The van der Waals surface area contributed by atoms with Crippen LogP contribution in [0.15, 0.2) is 35.5 Å². The third-order valence-electron chi connectivity index (χ3n) is 4.42. The van der Waals surface area contributed by atoms with E-state index in [1.54, 1.807) is 35.1 Å². The summed E-state index contributed by atoms with van der Waals surface area (Å²) in [5.41, 5.74) is 1.09. The molecule has 0 saturated carbocycles. The number of carbonyl (C=O) groups is 1. The Bertz CT molecular complexity index is 889. The summed E-state index contributed by atoms with van der Waals surface area (Å²) < 4.78 is 27.2. The number of aromatic nitrogens is 1. The Balaban J connectivity index is 1.51. The number of carbonyl (C=O) groups excluding carboxylic acids is 1. The molecule has 3 heterocycles. The second kappa shape index (κ2) is 8.72. The van der Waals surface area contributed by atoms with E-state index in [1.807, 2.05) is 26.0 Å². The Kier molecular flexibility index (Phi) is 6.56. The van der Waals surface area contributed by atoms with Gasteiger partial charge in [-0.05, 0) is 31.5 Å². The molecule has 146 valence electrons. The first kappa shape index (κ1) is 20.3. The molecule has 6 nitrogen and oxygen atoms in total. The summed E-state index contributed by atoms with van der Waals surface area (Å²) in [6.07, 6.45) is 3.53. The van der Waals surface area contributed by atoms with Gasteiger partial charge < -0.3 is 4.90 Å². The van der Waals surface area contributed by atoms with Gasteiger partial charge in [0.25, 0.3) is 0 Å². The van der Waals surface area contributed by atoms with Crippen molar-refractivity contribution in [1.82, 2.24) is 14.2 Å². The first-order valence-electron chi connectivity index (χ1n) is 8.69. The summed E-state index contributed by atoms with van der Waals surface area (Å²) in [5, 5.41) is 0. The zero-order valence-corrected chi connectivity index (χ0v) is 17.9. The van der Waals surface area contributed by atoms with Gasteiger partial charge in [-0.1, -0.05) is 6.07 Å². The van der Waals surface area contributed by atoms with E-state index in [4.69, 9.17) is 0 Å². The van der Waals surface area contributed by atoms with Crippen LogP contribution in [0.1, 0.15) is 15.3 Å². The van der Waals surface area contributed by atoms with Gasteiger partial charge in [0, 0.05) is 54.1 Å². The average molecular weight is 426 g/mol. The lowest BCUT2D eigenvalue weighted by molar-refractivity contribution is -0.129. The molecule has 27 heavy (non-hydrogen) atoms. The summed E-state index contributed by atoms with van der Waals surface area (Å²) in [4.78, 5) is 20.4. The maximum atomic E-state index is 12.8. The van der Waals surface area contributed by atoms with Gasteiger partial charge in [-0.2, -0.15) is 4.31 Å². The van der Waals surface area contributed by atoms with Crippen molar-refractivity contribution in [2.24, 2.45) is 0 Å². The number of pyridine rings is 1. The Labute approximate surface area is 168 Å². The van der Waals surface area contributed by atoms with Gasteiger partial charge in [-0.25, -0.2) is 8.42 Å². The highest BCUT2D eigenvalue weighted by Gasteiger charge is 2.31. The molecule has 1 fully saturated rings. The van der Waals surface area contributed by atoms with Crippen LogP contribution in [0, 0.1) is 13.8 Å². The minimum atomic E-state index is -3.48. The van der Waals surface area contributed by atoms with Crippen LogP contribution in [0.4, 0.5) is 0 Å². The number of sulfonamides is 1. The van der Waals surface area contributed by atoms with Crippen molar-refractivity contribution in [3.63, 3.8) is 0 Å². The number of nitrogens with zero attached hydrogens (tertiary/aromatic N) is 3. The third kappa shape index (κ3) is 4.90. The molecule has 0 atom stereocenters. The third-order valence-corrected chi connectivity index (χ3v) is 8.53. The van der Waals surface area contributed by atoms with E-state index < -0.39 is 10.0 Å². The van der Waals surface area contributed by atoms with Crippen molar-refractivity contribution in [3.8, 4) is 0 Å². The maximum absolute atomic E-state index is 12.8. The molecule has 0 spiro atoms. The van der Waals surface area contributed by atoms with Crippen LogP contribution in [-0.4, -0.2) is 60.4 Å². The van der Waals surface area contributed by atoms with Gasteiger partial charge in [0.15, 0.2) is 0 Å². The summed E-state index contributed by atoms with van der Waals surface area (Å²) in [6.45, 7) is 5.31. The standard InChI is InChI=1S/C18H23N3O3S3/c1-14-10-17(15(2)26-14)27(23,24)21-8-6-20(7-9-21)18(22)13-25-12-16-4-3-5-19-11-16/h3-5,10-11H,6-9,12-13H2,1-2H3. The molecule has 0 N–H and O–H groups in total. The van der Waals surface area contributed by atoms with Crippen molar-refractivity contribution in [1.29, 1.82) is 0 Å². The van der Waals surface area contributed by atoms with Gasteiger partial charge in [-0.3, -0.25) is 9.78 Å². The van der Waals surface area contributed by atoms with Crippen molar-refractivity contribution < 1.29 is 13.2 Å². The van der Waals surface area contributed by atoms with E-state index in [-0.39, 0.29) is 5.91 Å². The molecule has 0 aliphatic carbocycles. The number of rotatable bonds is 6. The second-order valence-electron chi connectivity index (χ2n) is 6.42. The average Bonchev–Trinajstić information content (AvgIpc) is 3.01. The molecular weight excluding hydrogens is 402 g/mol. The van der Waals surface area contributed by atoms with Crippen LogP contribution in [0.3, 0.4) is 0 Å². The van der Waals surface area contributed by atoms with Crippen molar-refractivity contribution in [3.05, 3.63) is 45.9 Å². The molecule has 0 unspecified atom stereocenters. The molecule has 1 saturated heterocycles. The number of thiophene rings is 1.